The van der Waals surface area contributed by atoms with E-state index in [4.69, 9.17) is 80.1 Å². The zero-order valence-corrected chi connectivity index (χ0v) is 37.5. The van der Waals surface area contributed by atoms with Gasteiger partial charge in [-0.05, 0) is 0 Å². The minimum Gasteiger partial charge on any atom is -0.369 e. The summed E-state index contributed by atoms with van der Waals surface area (Å²) in [5, 5.41) is 0. The summed E-state index contributed by atoms with van der Waals surface area (Å²) in [6.45, 7) is 0. The Bertz CT molecular complexity index is 408. The van der Waals surface area contributed by atoms with Crippen LogP contribution in [0, 0.1) is 0 Å². The molecule has 34 heavy (non-hydrogen) atoms. The Balaban J connectivity index is -0.0000000115. The summed E-state index contributed by atoms with van der Waals surface area (Å²) in [6, 6.07) is 0. The van der Waals surface area contributed by atoms with Gasteiger partial charge in [0.15, 0.2) is 0 Å². The minimum atomic E-state index is -5.88. The second kappa shape index (κ2) is 42.0. The van der Waals surface area contributed by atoms with Gasteiger partial charge in [0, 0.05) is 0 Å². The van der Waals surface area contributed by atoms with Crippen LogP contribution in [0.4, 0.5) is 0 Å². The first-order chi connectivity index (χ1) is 10.0. The maximum absolute atomic E-state index is 8.61. The molecule has 23 nitrogen and oxygen atoms in total. The quantitative estimate of drug-likeness (QED) is 0.190. The number of rotatable bonds is 0. The van der Waals surface area contributed by atoms with E-state index in [-0.39, 0.29) is 128 Å². The van der Waals surface area contributed by atoms with Gasteiger partial charge in [0.05, 0.1) is 0 Å². The summed E-state index contributed by atoms with van der Waals surface area (Å²) < 4.78 is 172. The third-order valence-electron chi connectivity index (χ3n) is 0. The van der Waals surface area contributed by atoms with Gasteiger partial charge >= 0.3 is 262 Å². The van der Waals surface area contributed by atoms with Crippen molar-refractivity contribution >= 4 is 72.6 Å². The van der Waals surface area contributed by atoms with Gasteiger partial charge in [-0.3, -0.25) is 0 Å². The summed E-state index contributed by atoms with van der Waals surface area (Å²) in [5.74, 6) is 0. The van der Waals surface area contributed by atoms with Crippen LogP contribution < -0.4 is 79.9 Å². The smallest absolute Gasteiger partial charge is 0.369 e. The van der Waals surface area contributed by atoms with Crippen molar-refractivity contribution in [2.75, 3.05) is 0 Å². The molecule has 0 saturated heterocycles. The van der Waals surface area contributed by atoms with Crippen LogP contribution in [0.1, 0.15) is 0 Å². The van der Waals surface area contributed by atoms with Crippen LogP contribution in [0.25, 0.3) is 0 Å². The molecule has 0 saturated carbocycles. The zero-order chi connectivity index (χ0) is 22.5. The Morgan fingerprint density at radius 1 is 0.265 bits per heavy atom. The van der Waals surface area contributed by atoms with E-state index in [1.54, 1.807) is 0 Å². The van der Waals surface area contributed by atoms with Crippen LogP contribution in [0.5, 0.6) is 0 Å². The van der Waals surface area contributed by atoms with Gasteiger partial charge in [0.25, 0.3) is 0 Å². The van der Waals surface area contributed by atoms with Crippen LogP contribution in [-0.4, -0.2) is 72.6 Å². The molecule has 0 aliphatic carbocycles. The Kier molecular flexibility index (Phi) is 111. The molecule has 0 rings (SSSR count). The fourth-order valence-corrected chi connectivity index (χ4v) is 0. The van der Waals surface area contributed by atoms with E-state index in [0.717, 1.165) is 0 Å². The maximum atomic E-state index is 8.61. The SMILES string of the molecule is O=[As]([O-])([O-])[O-].O=[As]([O-])([O-])[O-].O=[As]([O-])([O-])[O-].O=[As]([O-])([O-])[O-].O=[As]([O-])([O-])[O-].[Cu+2].[Cu+2].[Cu+2].[NH4+].[NH4+].[NH4+].[Zn+2].[Zn+2].[Zn+2]. The average molecular weight is 1140 g/mol. The molecule has 0 unspecified atom stereocenters. The summed E-state index contributed by atoms with van der Waals surface area (Å²) in [4.78, 5) is 0. The minimum absolute atomic E-state index is 0. The zero-order valence-electron chi connectivity index (χ0n) is 16.4. The van der Waals surface area contributed by atoms with Gasteiger partial charge in [-0.2, -0.15) is 0 Å². The summed E-state index contributed by atoms with van der Waals surface area (Å²) in [5.41, 5.74) is 0. The van der Waals surface area contributed by atoms with Gasteiger partial charge in [-0.25, -0.2) is 0 Å². The summed E-state index contributed by atoms with van der Waals surface area (Å²) in [6.07, 6.45) is 0. The molecule has 211 valence electrons. The van der Waals surface area contributed by atoms with E-state index in [1.807, 2.05) is 0 Å². The van der Waals surface area contributed by atoms with E-state index in [1.165, 1.54) is 0 Å². The topological polar surface area (TPSA) is 541 Å². The van der Waals surface area contributed by atoms with E-state index >= 15 is 0 Å². The number of hydrogen-bond acceptors (Lipinski definition) is 20. The van der Waals surface area contributed by atoms with Gasteiger partial charge < -0.3 is 18.5 Å². The second-order valence-electron chi connectivity index (χ2n) is 2.24. The molecular weight excluding hydrogens is 1120 g/mol. The molecule has 0 bridgehead atoms. The molecular formula is H12As5Cu3N3O20Zn3. The van der Waals surface area contributed by atoms with Crippen molar-refractivity contribution in [3.05, 3.63) is 0 Å². The largest absolute Gasteiger partial charge is 2.00 e. The molecule has 0 aromatic carbocycles. The van der Waals surface area contributed by atoms with Crippen molar-refractivity contribution in [1.82, 2.24) is 18.5 Å². The van der Waals surface area contributed by atoms with E-state index in [2.05, 4.69) is 0 Å². The molecule has 0 aromatic heterocycles. The van der Waals surface area contributed by atoms with Crippen molar-refractivity contribution in [1.29, 1.82) is 0 Å². The molecule has 0 fully saturated rings. The van der Waals surface area contributed by atoms with Crippen LogP contribution in [0.2, 0.25) is 0 Å². The molecule has 0 heterocycles. The average Bonchev–Trinajstić information content (AvgIpc) is 1.79. The Labute approximate surface area is 276 Å². The van der Waals surface area contributed by atoms with Gasteiger partial charge in [-0.1, -0.05) is 0 Å². The molecule has 0 aliphatic rings. The second-order valence-corrected chi connectivity index (χ2v) is 11.6. The molecule has 0 spiro atoms. The summed E-state index contributed by atoms with van der Waals surface area (Å²) >= 11 is -29.4. The predicted molar refractivity (Wildman–Crippen MR) is 50.2 cm³/mol. The van der Waals surface area contributed by atoms with E-state index in [9.17, 15) is 0 Å². The number of quaternary nitrogens is 3. The third kappa shape index (κ3) is 2270. The van der Waals surface area contributed by atoms with Gasteiger partial charge in [0.2, 0.25) is 0 Å². The molecule has 12 N–H and O–H groups in total. The molecule has 0 aromatic rings. The Morgan fingerprint density at radius 3 is 0.265 bits per heavy atom. The predicted octanol–water partition coefficient (Wildman–Crippen LogP) is -19.2. The Morgan fingerprint density at radius 2 is 0.265 bits per heavy atom. The molecule has 0 atom stereocenters. The van der Waals surface area contributed by atoms with Crippen LogP contribution in [0.3, 0.4) is 0 Å². The normalized spacial score (nSPS) is 8.68. The fourth-order valence-electron chi connectivity index (χ4n) is 0. The van der Waals surface area contributed by atoms with Gasteiger partial charge in [-0.15, -0.1) is 0 Å². The molecule has 3 radical (unpaired) electrons. The van der Waals surface area contributed by atoms with Gasteiger partial charge in [0.1, 0.15) is 0 Å². The van der Waals surface area contributed by atoms with Crippen molar-refractivity contribution in [3.8, 4) is 0 Å². The van der Waals surface area contributed by atoms with Crippen molar-refractivity contribution in [3.63, 3.8) is 0 Å². The number of hydrogen-bond donors (Lipinski definition) is 3. The van der Waals surface area contributed by atoms with Crippen molar-refractivity contribution in [2.45, 2.75) is 0 Å². The molecule has 34 heteroatoms. The molecule has 0 aliphatic heterocycles. The monoisotopic (exact) mass is 1130 g/mol. The maximum Gasteiger partial charge on any atom is 2.00 e. The Hall–Kier alpha value is 4.50. The molecule has 0 amide bonds. The third-order valence-corrected chi connectivity index (χ3v) is 0. The summed E-state index contributed by atoms with van der Waals surface area (Å²) in [7, 11) is 0. The first kappa shape index (κ1) is 90.2. The van der Waals surface area contributed by atoms with Crippen LogP contribution in [0.15, 0.2) is 0 Å². The van der Waals surface area contributed by atoms with Crippen LogP contribution >= 0.6 is 0 Å². The van der Waals surface area contributed by atoms with Crippen LogP contribution in [-0.2, 0) is 128 Å². The van der Waals surface area contributed by atoms with Crippen molar-refractivity contribution in [2.24, 2.45) is 0 Å². The standard InChI is InChI=1S/5AsH3O4.3Cu.3H3N.3Zn/c5*2-1(3,4)5;;;;;;;;;/h5*(H3,2,3,4,5);;;;3*1H3;;;/q;;;;;3*+2;;;;3*+2/p-12. The van der Waals surface area contributed by atoms with Crippen molar-refractivity contribution < 1.29 is 190 Å². The first-order valence-electron chi connectivity index (χ1n) is 3.65. The fraction of sp³-hybridized carbons (Fsp3) is 0. The first-order valence-corrected chi connectivity index (χ1v) is 19.0. The van der Waals surface area contributed by atoms with E-state index < -0.39 is 72.6 Å². The van der Waals surface area contributed by atoms with E-state index in [0.29, 0.717) is 0 Å².